The maximum Gasteiger partial charge on any atom is 0.270 e. The zero-order valence-corrected chi connectivity index (χ0v) is 14.4. The molecule has 1 saturated heterocycles. The lowest BCUT2D eigenvalue weighted by molar-refractivity contribution is 0.0936. The Kier molecular flexibility index (Phi) is 4.84. The third-order valence-corrected chi connectivity index (χ3v) is 5.61. The minimum atomic E-state index is -3.05. The van der Waals surface area contributed by atoms with Gasteiger partial charge in [-0.25, -0.2) is 18.4 Å². The molecule has 2 N–H and O–H groups in total. The predicted molar refractivity (Wildman–Crippen MR) is 92.8 cm³/mol. The van der Waals surface area contributed by atoms with Crippen LogP contribution in [0.2, 0.25) is 0 Å². The van der Waals surface area contributed by atoms with E-state index in [1.165, 1.54) is 12.4 Å². The van der Waals surface area contributed by atoms with Crippen LogP contribution in [0.1, 0.15) is 16.9 Å². The first-order valence-corrected chi connectivity index (χ1v) is 9.52. The summed E-state index contributed by atoms with van der Waals surface area (Å²) in [5, 5.41) is 5.78. The molecule has 25 heavy (non-hydrogen) atoms. The summed E-state index contributed by atoms with van der Waals surface area (Å²) in [4.78, 5) is 20.3. The van der Waals surface area contributed by atoms with E-state index in [4.69, 9.17) is 4.74 Å². The van der Waals surface area contributed by atoms with E-state index in [9.17, 15) is 13.2 Å². The molecule has 9 heteroatoms. The van der Waals surface area contributed by atoms with E-state index in [0.29, 0.717) is 23.7 Å². The second-order valence-corrected chi connectivity index (χ2v) is 7.92. The molecule has 2 heterocycles. The Balaban J connectivity index is 1.72. The van der Waals surface area contributed by atoms with Gasteiger partial charge in [0.1, 0.15) is 23.6 Å². The predicted octanol–water partition coefficient (Wildman–Crippen LogP) is 1.15. The van der Waals surface area contributed by atoms with Crippen molar-refractivity contribution in [2.75, 3.05) is 23.9 Å². The highest BCUT2D eigenvalue weighted by molar-refractivity contribution is 7.91. The van der Waals surface area contributed by atoms with Gasteiger partial charge in [-0.3, -0.25) is 4.79 Å². The molecule has 0 spiro atoms. The van der Waals surface area contributed by atoms with Gasteiger partial charge in [0, 0.05) is 12.1 Å². The Morgan fingerprint density at radius 2 is 2.08 bits per heavy atom. The minimum Gasteiger partial charge on any atom is -0.495 e. The van der Waals surface area contributed by atoms with Crippen LogP contribution in [-0.4, -0.2) is 49.0 Å². The van der Waals surface area contributed by atoms with Gasteiger partial charge in [0.15, 0.2) is 9.84 Å². The maximum absolute atomic E-state index is 12.3. The highest BCUT2D eigenvalue weighted by atomic mass is 32.2. The number of ether oxygens (including phenoxy) is 1. The first-order chi connectivity index (χ1) is 12.0. The number of nitrogens with one attached hydrogen (secondary N) is 2. The van der Waals surface area contributed by atoms with Gasteiger partial charge in [-0.15, -0.1) is 0 Å². The van der Waals surface area contributed by atoms with Crippen LogP contribution in [0.25, 0.3) is 0 Å². The van der Waals surface area contributed by atoms with Gasteiger partial charge in [0.25, 0.3) is 5.91 Å². The zero-order chi connectivity index (χ0) is 17.9. The summed E-state index contributed by atoms with van der Waals surface area (Å²) in [6.45, 7) is 0. The van der Waals surface area contributed by atoms with Crippen molar-refractivity contribution in [3.05, 3.63) is 42.4 Å². The number of hydrogen-bond acceptors (Lipinski definition) is 7. The number of methoxy groups -OCH3 is 1. The van der Waals surface area contributed by atoms with Gasteiger partial charge in [-0.1, -0.05) is 12.1 Å². The van der Waals surface area contributed by atoms with Crippen molar-refractivity contribution < 1.29 is 17.9 Å². The Bertz CT molecular complexity index is 885. The Morgan fingerprint density at radius 3 is 2.80 bits per heavy atom. The number of aromatic nitrogens is 2. The van der Waals surface area contributed by atoms with Crippen molar-refractivity contribution in [3.8, 4) is 5.75 Å². The minimum absolute atomic E-state index is 0.0316. The van der Waals surface area contributed by atoms with Crippen molar-refractivity contribution in [1.29, 1.82) is 0 Å². The lowest BCUT2D eigenvalue weighted by atomic mass is 10.2. The first kappa shape index (κ1) is 17.2. The van der Waals surface area contributed by atoms with Crippen LogP contribution in [0.4, 0.5) is 11.5 Å². The fourth-order valence-corrected chi connectivity index (χ4v) is 4.28. The number of amides is 1. The average molecular weight is 362 g/mol. The Hall–Kier alpha value is -2.68. The molecule has 1 fully saturated rings. The molecule has 1 aromatic carbocycles. The molecule has 1 unspecified atom stereocenters. The second kappa shape index (κ2) is 7.06. The van der Waals surface area contributed by atoms with E-state index in [2.05, 4.69) is 20.6 Å². The highest BCUT2D eigenvalue weighted by Crippen LogP contribution is 2.26. The molecule has 8 nitrogen and oxygen atoms in total. The molecule has 1 aliphatic heterocycles. The van der Waals surface area contributed by atoms with Gasteiger partial charge < -0.3 is 15.4 Å². The normalized spacial score (nSPS) is 18.5. The number of para-hydroxylation sites is 2. The van der Waals surface area contributed by atoms with E-state index in [-0.39, 0.29) is 23.2 Å². The monoisotopic (exact) mass is 362 g/mol. The summed E-state index contributed by atoms with van der Waals surface area (Å²) >= 11 is 0. The molecule has 0 aliphatic carbocycles. The van der Waals surface area contributed by atoms with E-state index in [1.807, 2.05) is 18.2 Å². The number of nitrogens with zero attached hydrogens (tertiary/aromatic N) is 2. The molecular weight excluding hydrogens is 344 g/mol. The van der Waals surface area contributed by atoms with E-state index in [1.54, 1.807) is 13.2 Å². The molecule has 1 aromatic heterocycles. The van der Waals surface area contributed by atoms with Crippen LogP contribution >= 0.6 is 0 Å². The third kappa shape index (κ3) is 4.24. The third-order valence-electron chi connectivity index (χ3n) is 3.84. The molecule has 1 aliphatic rings. The van der Waals surface area contributed by atoms with Crippen molar-refractivity contribution in [3.63, 3.8) is 0 Å². The van der Waals surface area contributed by atoms with E-state index >= 15 is 0 Å². The molecule has 1 atom stereocenters. The number of hydrogen-bond donors (Lipinski definition) is 2. The van der Waals surface area contributed by atoms with Crippen LogP contribution in [0.15, 0.2) is 36.7 Å². The van der Waals surface area contributed by atoms with Crippen LogP contribution in [-0.2, 0) is 9.84 Å². The summed E-state index contributed by atoms with van der Waals surface area (Å²) in [5.74, 6) is 0.720. The summed E-state index contributed by atoms with van der Waals surface area (Å²) < 4.78 is 28.2. The largest absolute Gasteiger partial charge is 0.495 e. The Labute approximate surface area is 145 Å². The average Bonchev–Trinajstić information content (AvgIpc) is 2.94. The summed E-state index contributed by atoms with van der Waals surface area (Å²) in [5.41, 5.74) is 0.869. The molecule has 0 radical (unpaired) electrons. The number of carbonyl (C=O) groups is 1. The van der Waals surface area contributed by atoms with Crippen LogP contribution in [0, 0.1) is 0 Å². The van der Waals surface area contributed by atoms with Crippen molar-refractivity contribution in [1.82, 2.24) is 15.3 Å². The fourth-order valence-electron chi connectivity index (χ4n) is 2.60. The van der Waals surface area contributed by atoms with Crippen molar-refractivity contribution in [2.24, 2.45) is 0 Å². The van der Waals surface area contributed by atoms with Gasteiger partial charge in [0.05, 0.1) is 24.3 Å². The molecule has 0 bridgehead atoms. The summed E-state index contributed by atoms with van der Waals surface area (Å²) in [6, 6.07) is 8.45. The number of anilines is 2. The molecule has 3 rings (SSSR count). The first-order valence-electron chi connectivity index (χ1n) is 7.70. The molecule has 132 valence electrons. The van der Waals surface area contributed by atoms with Crippen molar-refractivity contribution >= 4 is 27.2 Å². The topological polar surface area (TPSA) is 110 Å². The SMILES string of the molecule is COc1ccccc1Nc1cc(C(=O)NC2CCS(=O)(=O)C2)ncn1. The van der Waals surface area contributed by atoms with Crippen LogP contribution in [0.5, 0.6) is 5.75 Å². The van der Waals surface area contributed by atoms with Crippen LogP contribution in [0.3, 0.4) is 0 Å². The standard InChI is InChI=1S/C16H18N4O4S/c1-24-14-5-3-2-4-12(14)20-15-8-13(17-10-18-15)16(21)19-11-6-7-25(22,23)9-11/h2-5,8,10-11H,6-7,9H2,1H3,(H,19,21)(H,17,18,20). The number of carbonyl (C=O) groups excluding carboxylic acids is 1. The molecule has 0 saturated carbocycles. The number of benzene rings is 1. The highest BCUT2D eigenvalue weighted by Gasteiger charge is 2.29. The molecule has 1 amide bonds. The summed E-state index contributed by atoms with van der Waals surface area (Å²) in [6.07, 6.45) is 1.70. The van der Waals surface area contributed by atoms with Crippen molar-refractivity contribution in [2.45, 2.75) is 12.5 Å². The maximum atomic E-state index is 12.3. The molecule has 2 aromatic rings. The quantitative estimate of drug-likeness (QED) is 0.821. The number of sulfone groups is 1. The Morgan fingerprint density at radius 1 is 1.28 bits per heavy atom. The zero-order valence-electron chi connectivity index (χ0n) is 13.6. The molecular formula is C16H18N4O4S. The lowest BCUT2D eigenvalue weighted by Gasteiger charge is -2.12. The summed E-state index contributed by atoms with van der Waals surface area (Å²) in [7, 11) is -1.49. The lowest BCUT2D eigenvalue weighted by Crippen LogP contribution is -2.36. The fraction of sp³-hybridized carbons (Fsp3) is 0.312. The smallest absolute Gasteiger partial charge is 0.270 e. The van der Waals surface area contributed by atoms with Gasteiger partial charge in [-0.2, -0.15) is 0 Å². The van der Waals surface area contributed by atoms with E-state index in [0.717, 1.165) is 0 Å². The van der Waals surface area contributed by atoms with Crippen LogP contribution < -0.4 is 15.4 Å². The van der Waals surface area contributed by atoms with E-state index < -0.39 is 15.7 Å². The van der Waals surface area contributed by atoms with Gasteiger partial charge in [-0.05, 0) is 18.6 Å². The van der Waals surface area contributed by atoms with Gasteiger partial charge >= 0.3 is 0 Å². The van der Waals surface area contributed by atoms with Gasteiger partial charge in [0.2, 0.25) is 0 Å². The second-order valence-electron chi connectivity index (χ2n) is 5.69. The number of rotatable bonds is 5.